The predicted octanol–water partition coefficient (Wildman–Crippen LogP) is 2.23. The minimum atomic E-state index is -0.939. The average molecular weight is 524 g/mol. The summed E-state index contributed by atoms with van der Waals surface area (Å²) in [5.41, 5.74) is 5.10. The Bertz CT molecular complexity index is 1410. The van der Waals surface area contributed by atoms with Crippen molar-refractivity contribution in [3.8, 4) is 17.2 Å². The number of phenols is 2. The van der Waals surface area contributed by atoms with Crippen LogP contribution in [0.5, 0.6) is 17.2 Å². The molecule has 10 nitrogen and oxygen atoms in total. The lowest BCUT2D eigenvalue weighted by Crippen LogP contribution is -2.52. The van der Waals surface area contributed by atoms with Crippen molar-refractivity contribution in [1.82, 2.24) is 0 Å². The van der Waals surface area contributed by atoms with Gasteiger partial charge in [0.1, 0.15) is 23.0 Å². The smallest absolute Gasteiger partial charge is 0.202 e. The van der Waals surface area contributed by atoms with Crippen molar-refractivity contribution in [3.05, 3.63) is 51.6 Å². The summed E-state index contributed by atoms with van der Waals surface area (Å²) in [6.45, 7) is 3.14. The number of ketones is 3. The Hall–Kier alpha value is -3.31. The number of nitrogens with two attached hydrogens (primary N) is 1. The molecule has 4 aliphatic rings. The first kappa shape index (κ1) is 25.0. The molecule has 200 valence electrons. The van der Waals surface area contributed by atoms with Crippen molar-refractivity contribution >= 4 is 17.3 Å². The molecule has 6 rings (SSSR count). The molecule has 3 aliphatic carbocycles. The van der Waals surface area contributed by atoms with Crippen molar-refractivity contribution in [2.24, 2.45) is 11.1 Å². The van der Waals surface area contributed by atoms with Gasteiger partial charge in [0.2, 0.25) is 5.78 Å². The molecule has 38 heavy (non-hydrogen) atoms. The first-order valence-corrected chi connectivity index (χ1v) is 12.7. The predicted molar refractivity (Wildman–Crippen MR) is 131 cm³/mol. The number of phenolic OH excluding ortho intramolecular Hbond substituents is 2. The number of ether oxygens (including phenoxy) is 3. The molecular weight excluding hydrogens is 494 g/mol. The van der Waals surface area contributed by atoms with Gasteiger partial charge in [-0.1, -0.05) is 12.1 Å². The third-order valence-corrected chi connectivity index (χ3v) is 8.76. The van der Waals surface area contributed by atoms with E-state index >= 15 is 0 Å². The van der Waals surface area contributed by atoms with Gasteiger partial charge < -0.3 is 35.3 Å². The Kier molecular flexibility index (Phi) is 5.49. The first-order valence-electron chi connectivity index (χ1n) is 12.7. The van der Waals surface area contributed by atoms with Crippen LogP contribution in [0.25, 0.3) is 0 Å². The van der Waals surface area contributed by atoms with Crippen LogP contribution in [0.3, 0.4) is 0 Å². The third kappa shape index (κ3) is 3.24. The highest BCUT2D eigenvalue weighted by Crippen LogP contribution is 2.71. The lowest BCUT2D eigenvalue weighted by molar-refractivity contribution is -0.243. The van der Waals surface area contributed by atoms with Gasteiger partial charge in [-0.25, -0.2) is 0 Å². The molecule has 5 N–H and O–H groups in total. The monoisotopic (exact) mass is 523 g/mol. The fourth-order valence-corrected chi connectivity index (χ4v) is 6.61. The topological polar surface area (TPSA) is 166 Å². The van der Waals surface area contributed by atoms with Gasteiger partial charge in [-0.15, -0.1) is 0 Å². The highest BCUT2D eigenvalue weighted by Gasteiger charge is 2.65. The van der Waals surface area contributed by atoms with E-state index in [9.17, 15) is 29.7 Å². The molecular formula is C28H29NO9. The van der Waals surface area contributed by atoms with E-state index in [1.165, 1.54) is 20.1 Å². The second kappa shape index (κ2) is 8.34. The Morgan fingerprint density at radius 2 is 1.76 bits per heavy atom. The number of hydrogen-bond acceptors (Lipinski definition) is 10. The number of methoxy groups -OCH3 is 1. The summed E-state index contributed by atoms with van der Waals surface area (Å²) in [5, 5.41) is 33.3. The number of carbonyl (C=O) groups excluding carboxylic acids is 3. The number of fused-ring (bicyclic) bond motifs is 5. The molecule has 2 aromatic carbocycles. The normalized spacial score (nSPS) is 33.1. The summed E-state index contributed by atoms with van der Waals surface area (Å²) in [6, 6.07) is 3.97. The van der Waals surface area contributed by atoms with Gasteiger partial charge in [-0.05, 0) is 32.8 Å². The van der Waals surface area contributed by atoms with Crippen molar-refractivity contribution < 1.29 is 43.9 Å². The molecule has 0 spiro atoms. The Labute approximate surface area is 218 Å². The standard InChI is InChI=1S/C28H29NO9/c1-10-23(31)14(29)7-17(37-10)38-16-9-28(11(2)30)8-13(28)19-20(16)27(35)22-21(26(19)34)24(32)12-5-4-6-15(36-3)18(12)25(22)33/h4-6,10,13-14,16-17,23,31,34-35H,7-9,29H2,1-3H3/t10-,13+,14+,16+,17-,23-,28-/m0/s1. The number of benzene rings is 2. The molecule has 0 radical (unpaired) electrons. The first-order chi connectivity index (χ1) is 18.0. The fraction of sp³-hybridized carbons (Fsp3) is 0.464. The number of rotatable bonds is 4. The Balaban J connectivity index is 1.52. The van der Waals surface area contributed by atoms with Crippen LogP contribution in [0.15, 0.2) is 18.2 Å². The summed E-state index contributed by atoms with van der Waals surface area (Å²) in [5.74, 6) is -2.53. The molecule has 2 aromatic rings. The van der Waals surface area contributed by atoms with Crippen molar-refractivity contribution in [3.63, 3.8) is 0 Å². The number of hydrogen-bond donors (Lipinski definition) is 4. The molecule has 0 amide bonds. The molecule has 0 bridgehead atoms. The minimum absolute atomic E-state index is 0.00401. The van der Waals surface area contributed by atoms with Crippen molar-refractivity contribution in [1.29, 1.82) is 0 Å². The van der Waals surface area contributed by atoms with Crippen molar-refractivity contribution in [2.45, 2.75) is 69.7 Å². The van der Waals surface area contributed by atoms with E-state index in [1.54, 1.807) is 19.1 Å². The molecule has 1 saturated heterocycles. The Morgan fingerprint density at radius 3 is 2.42 bits per heavy atom. The lowest BCUT2D eigenvalue weighted by atomic mass is 9.73. The van der Waals surface area contributed by atoms with E-state index < -0.39 is 65.0 Å². The molecule has 1 saturated carbocycles. The van der Waals surface area contributed by atoms with Crippen LogP contribution in [-0.4, -0.2) is 64.3 Å². The van der Waals surface area contributed by atoms with E-state index in [0.29, 0.717) is 6.42 Å². The maximum atomic E-state index is 13.7. The zero-order chi connectivity index (χ0) is 27.3. The van der Waals surface area contributed by atoms with Crippen LogP contribution in [0.1, 0.15) is 88.1 Å². The quantitative estimate of drug-likeness (QED) is 0.373. The second-order valence-corrected chi connectivity index (χ2v) is 10.8. The summed E-state index contributed by atoms with van der Waals surface area (Å²) < 4.78 is 17.4. The van der Waals surface area contributed by atoms with Gasteiger partial charge in [-0.2, -0.15) is 0 Å². The highest BCUT2D eigenvalue weighted by atomic mass is 16.7. The number of carbonyl (C=O) groups is 3. The summed E-state index contributed by atoms with van der Waals surface area (Å²) in [4.78, 5) is 40.1. The van der Waals surface area contributed by atoms with Gasteiger partial charge in [0.05, 0.1) is 42.1 Å². The summed E-state index contributed by atoms with van der Waals surface area (Å²) >= 11 is 0. The molecule has 1 heterocycles. The fourth-order valence-electron chi connectivity index (χ4n) is 6.61. The lowest BCUT2D eigenvalue weighted by Gasteiger charge is -2.40. The molecule has 0 unspecified atom stereocenters. The summed E-state index contributed by atoms with van der Waals surface area (Å²) in [6.07, 6.45) is -2.54. The van der Waals surface area contributed by atoms with E-state index in [0.717, 1.165) is 0 Å². The van der Waals surface area contributed by atoms with Crippen LogP contribution in [-0.2, 0) is 14.3 Å². The molecule has 0 aromatic heterocycles. The van der Waals surface area contributed by atoms with Crippen LogP contribution < -0.4 is 10.5 Å². The maximum Gasteiger partial charge on any atom is 0.202 e. The molecule has 2 fully saturated rings. The van der Waals surface area contributed by atoms with Crippen molar-refractivity contribution in [2.75, 3.05) is 7.11 Å². The van der Waals surface area contributed by atoms with Gasteiger partial charge in [0, 0.05) is 40.5 Å². The molecule has 1 aliphatic heterocycles. The van der Waals surface area contributed by atoms with Gasteiger partial charge >= 0.3 is 0 Å². The van der Waals surface area contributed by atoms with Gasteiger partial charge in [0.15, 0.2) is 12.1 Å². The van der Waals surface area contributed by atoms with Gasteiger partial charge in [0.25, 0.3) is 0 Å². The van der Waals surface area contributed by atoms with E-state index in [1.807, 2.05) is 0 Å². The molecule has 7 atom stereocenters. The van der Waals surface area contributed by atoms with Crippen LogP contribution in [0, 0.1) is 5.41 Å². The zero-order valence-electron chi connectivity index (χ0n) is 21.2. The number of aromatic hydroxyl groups is 2. The minimum Gasteiger partial charge on any atom is -0.507 e. The van der Waals surface area contributed by atoms with E-state index in [4.69, 9.17) is 19.9 Å². The molecule has 10 heteroatoms. The largest absolute Gasteiger partial charge is 0.507 e. The third-order valence-electron chi connectivity index (χ3n) is 8.76. The number of aliphatic hydroxyl groups is 1. The second-order valence-electron chi connectivity index (χ2n) is 10.8. The SMILES string of the molecule is COc1cccc2c1C(=O)c1c(O)c3c(c(O)c1C2=O)[C@H]1C[C@@]1(C(C)=O)C[C@H]3O[C@H]1C[C@@H](N)[C@@H](O)[C@H](C)O1. The summed E-state index contributed by atoms with van der Waals surface area (Å²) in [7, 11) is 1.37. The highest BCUT2D eigenvalue weighted by molar-refractivity contribution is 6.31. The maximum absolute atomic E-state index is 13.7. The van der Waals surface area contributed by atoms with Crippen LogP contribution >= 0.6 is 0 Å². The number of aliphatic hydroxyl groups excluding tert-OH is 1. The van der Waals surface area contributed by atoms with E-state index in [-0.39, 0.29) is 57.8 Å². The Morgan fingerprint density at radius 1 is 1.08 bits per heavy atom. The van der Waals surface area contributed by atoms with Crippen LogP contribution in [0.4, 0.5) is 0 Å². The average Bonchev–Trinajstić information content (AvgIpc) is 3.62. The van der Waals surface area contributed by atoms with Crippen LogP contribution in [0.2, 0.25) is 0 Å². The number of Topliss-reactive ketones (excluding diaryl/α,β-unsaturated/α-hetero) is 1. The van der Waals surface area contributed by atoms with E-state index in [2.05, 4.69) is 0 Å². The zero-order valence-corrected chi connectivity index (χ0v) is 21.2. The van der Waals surface area contributed by atoms with Gasteiger partial charge in [-0.3, -0.25) is 14.4 Å².